The van der Waals surface area contributed by atoms with Crippen molar-refractivity contribution in [3.63, 3.8) is 0 Å². The zero-order chi connectivity index (χ0) is 11.0. The Morgan fingerprint density at radius 2 is 2.27 bits per heavy atom. The van der Waals surface area contributed by atoms with E-state index in [1.54, 1.807) is 13.0 Å². The first-order chi connectivity index (χ1) is 7.08. The summed E-state index contributed by atoms with van der Waals surface area (Å²) in [6.45, 7) is 1.79. The number of carboxylic acid groups (broad SMARTS) is 1. The Morgan fingerprint density at radius 1 is 1.53 bits per heavy atom. The lowest BCUT2D eigenvalue weighted by molar-refractivity contribution is -0.136. The van der Waals surface area contributed by atoms with Gasteiger partial charge in [0.05, 0.1) is 6.42 Å². The third-order valence-electron chi connectivity index (χ3n) is 2.45. The van der Waals surface area contributed by atoms with Crippen LogP contribution in [0.1, 0.15) is 11.3 Å². The monoisotopic (exact) mass is 207 g/mol. The van der Waals surface area contributed by atoms with Gasteiger partial charge in [0, 0.05) is 16.6 Å². The van der Waals surface area contributed by atoms with Crippen LogP contribution in [0.4, 0.5) is 4.39 Å². The van der Waals surface area contributed by atoms with Gasteiger partial charge >= 0.3 is 5.97 Å². The van der Waals surface area contributed by atoms with Gasteiger partial charge in [-0.2, -0.15) is 0 Å². The van der Waals surface area contributed by atoms with Gasteiger partial charge in [-0.15, -0.1) is 0 Å². The average Bonchev–Trinajstić information content (AvgIpc) is 2.44. The minimum absolute atomic E-state index is 0.0673. The quantitative estimate of drug-likeness (QED) is 0.793. The van der Waals surface area contributed by atoms with Gasteiger partial charge in [-0.25, -0.2) is 4.39 Å². The number of aromatic nitrogens is 1. The normalized spacial score (nSPS) is 10.8. The molecule has 1 aromatic heterocycles. The molecular weight excluding hydrogens is 197 g/mol. The second-order valence-electron chi connectivity index (χ2n) is 3.49. The summed E-state index contributed by atoms with van der Waals surface area (Å²) in [7, 11) is 0. The number of fused-ring (bicyclic) bond motifs is 1. The maximum atomic E-state index is 13.0. The molecule has 2 aromatic rings. The van der Waals surface area contributed by atoms with E-state index in [1.165, 1.54) is 12.1 Å². The number of halogens is 1. The summed E-state index contributed by atoms with van der Waals surface area (Å²) in [4.78, 5) is 13.5. The molecule has 4 heteroatoms. The van der Waals surface area contributed by atoms with Crippen LogP contribution in [0.15, 0.2) is 18.2 Å². The fraction of sp³-hybridized carbons (Fsp3) is 0.182. The summed E-state index contributed by atoms with van der Waals surface area (Å²) in [5.74, 6) is -1.21. The predicted octanol–water partition coefficient (Wildman–Crippen LogP) is 2.24. The van der Waals surface area contributed by atoms with Gasteiger partial charge in [-0.3, -0.25) is 4.79 Å². The molecule has 0 amide bonds. The van der Waals surface area contributed by atoms with E-state index in [0.717, 1.165) is 16.5 Å². The largest absolute Gasteiger partial charge is 0.481 e. The lowest BCUT2D eigenvalue weighted by atomic mass is 10.1. The maximum Gasteiger partial charge on any atom is 0.309 e. The Morgan fingerprint density at radius 3 is 2.93 bits per heavy atom. The van der Waals surface area contributed by atoms with Crippen molar-refractivity contribution in [2.75, 3.05) is 0 Å². The van der Waals surface area contributed by atoms with E-state index < -0.39 is 5.97 Å². The van der Waals surface area contributed by atoms with Crippen molar-refractivity contribution in [3.8, 4) is 0 Å². The standard InChI is InChI=1S/C11H10FNO2/c1-6-8-4-7(12)2-3-9(8)13-10(6)5-11(14)15/h2-4,13H,5H2,1H3,(H,14,15). The highest BCUT2D eigenvalue weighted by atomic mass is 19.1. The first kappa shape index (κ1) is 9.71. The SMILES string of the molecule is Cc1c(CC(=O)O)[nH]c2ccc(F)cc12. The number of H-pyrrole nitrogens is 1. The number of aromatic amines is 1. The van der Waals surface area contributed by atoms with E-state index in [4.69, 9.17) is 5.11 Å². The number of aliphatic carboxylic acids is 1. The fourth-order valence-electron chi connectivity index (χ4n) is 1.68. The number of hydrogen-bond donors (Lipinski definition) is 2. The highest BCUT2D eigenvalue weighted by molar-refractivity contribution is 5.86. The number of carbonyl (C=O) groups is 1. The van der Waals surface area contributed by atoms with Crippen molar-refractivity contribution in [1.82, 2.24) is 4.98 Å². The van der Waals surface area contributed by atoms with Crippen LogP contribution < -0.4 is 0 Å². The topological polar surface area (TPSA) is 53.1 Å². The Bertz CT molecular complexity index is 531. The van der Waals surface area contributed by atoms with Gasteiger partial charge in [0.25, 0.3) is 0 Å². The van der Waals surface area contributed by atoms with Gasteiger partial charge in [0.1, 0.15) is 5.82 Å². The zero-order valence-electron chi connectivity index (χ0n) is 8.17. The molecule has 15 heavy (non-hydrogen) atoms. The summed E-state index contributed by atoms with van der Waals surface area (Å²) >= 11 is 0. The highest BCUT2D eigenvalue weighted by Gasteiger charge is 2.10. The summed E-state index contributed by atoms with van der Waals surface area (Å²) in [5, 5.41) is 9.42. The molecule has 0 radical (unpaired) electrons. The van der Waals surface area contributed by atoms with Crippen LogP contribution in [-0.4, -0.2) is 16.1 Å². The number of rotatable bonds is 2. The summed E-state index contributed by atoms with van der Waals surface area (Å²) in [5.41, 5.74) is 2.19. The molecule has 0 fully saturated rings. The maximum absolute atomic E-state index is 13.0. The van der Waals surface area contributed by atoms with Crippen molar-refractivity contribution in [2.24, 2.45) is 0 Å². The summed E-state index contributed by atoms with van der Waals surface area (Å²) in [6.07, 6.45) is -0.0673. The van der Waals surface area contributed by atoms with Crippen molar-refractivity contribution in [1.29, 1.82) is 0 Å². The summed E-state index contributed by atoms with van der Waals surface area (Å²) < 4.78 is 13.0. The van der Waals surface area contributed by atoms with Crippen molar-refractivity contribution in [2.45, 2.75) is 13.3 Å². The molecule has 78 valence electrons. The van der Waals surface area contributed by atoms with Gasteiger partial charge in [-0.05, 0) is 30.7 Å². The molecule has 0 saturated heterocycles. The first-order valence-corrected chi connectivity index (χ1v) is 4.56. The van der Waals surface area contributed by atoms with Crippen molar-refractivity contribution in [3.05, 3.63) is 35.3 Å². The first-order valence-electron chi connectivity index (χ1n) is 4.56. The zero-order valence-corrected chi connectivity index (χ0v) is 8.17. The molecule has 0 aliphatic carbocycles. The molecule has 2 N–H and O–H groups in total. The second kappa shape index (κ2) is 3.38. The van der Waals surface area contributed by atoms with E-state index >= 15 is 0 Å². The van der Waals surface area contributed by atoms with E-state index in [1.807, 2.05) is 0 Å². The third-order valence-corrected chi connectivity index (χ3v) is 2.45. The Kier molecular flexibility index (Phi) is 2.19. The number of carboxylic acids is 1. The minimum atomic E-state index is -0.898. The smallest absolute Gasteiger partial charge is 0.309 e. The molecule has 1 heterocycles. The predicted molar refractivity (Wildman–Crippen MR) is 54.3 cm³/mol. The number of hydrogen-bond acceptors (Lipinski definition) is 1. The molecule has 0 spiro atoms. The van der Waals surface area contributed by atoms with E-state index in [0.29, 0.717) is 5.69 Å². The third kappa shape index (κ3) is 1.70. The van der Waals surface area contributed by atoms with Gasteiger partial charge < -0.3 is 10.1 Å². The number of nitrogens with one attached hydrogen (secondary N) is 1. The van der Waals surface area contributed by atoms with Crippen LogP contribution in [0.2, 0.25) is 0 Å². The van der Waals surface area contributed by atoms with Crippen molar-refractivity contribution < 1.29 is 14.3 Å². The van der Waals surface area contributed by atoms with Gasteiger partial charge in [0.15, 0.2) is 0 Å². The molecule has 0 atom stereocenters. The van der Waals surface area contributed by atoms with Crippen molar-refractivity contribution >= 4 is 16.9 Å². The molecule has 0 saturated carbocycles. The van der Waals surface area contributed by atoms with Crippen LogP contribution in [0, 0.1) is 12.7 Å². The van der Waals surface area contributed by atoms with Gasteiger partial charge in [0.2, 0.25) is 0 Å². The second-order valence-corrected chi connectivity index (χ2v) is 3.49. The molecule has 3 nitrogen and oxygen atoms in total. The number of benzene rings is 1. The van der Waals surface area contributed by atoms with Crippen LogP contribution in [0.5, 0.6) is 0 Å². The van der Waals surface area contributed by atoms with Crippen LogP contribution in [-0.2, 0) is 11.2 Å². The van der Waals surface area contributed by atoms with Crippen LogP contribution >= 0.6 is 0 Å². The Labute approximate surface area is 85.5 Å². The van der Waals surface area contributed by atoms with Crippen LogP contribution in [0.25, 0.3) is 10.9 Å². The Hall–Kier alpha value is -1.84. The molecule has 0 aliphatic rings. The molecule has 2 rings (SSSR count). The van der Waals surface area contributed by atoms with Gasteiger partial charge in [-0.1, -0.05) is 0 Å². The molecule has 0 bridgehead atoms. The molecule has 0 unspecified atom stereocenters. The highest BCUT2D eigenvalue weighted by Crippen LogP contribution is 2.22. The number of aryl methyl sites for hydroxylation is 1. The average molecular weight is 207 g/mol. The lowest BCUT2D eigenvalue weighted by Gasteiger charge is -1.94. The van der Waals surface area contributed by atoms with E-state index in [9.17, 15) is 9.18 Å². The molecular formula is C11H10FNO2. The Balaban J connectivity index is 2.59. The minimum Gasteiger partial charge on any atom is -0.481 e. The van der Waals surface area contributed by atoms with E-state index in [2.05, 4.69) is 4.98 Å². The molecule has 0 aliphatic heterocycles. The molecule has 1 aromatic carbocycles. The summed E-state index contributed by atoms with van der Waals surface area (Å²) in [6, 6.07) is 4.37. The van der Waals surface area contributed by atoms with Crippen LogP contribution in [0.3, 0.4) is 0 Å². The lowest BCUT2D eigenvalue weighted by Crippen LogP contribution is -2.01. The fourth-order valence-corrected chi connectivity index (χ4v) is 1.68. The van der Waals surface area contributed by atoms with E-state index in [-0.39, 0.29) is 12.2 Å².